The third kappa shape index (κ3) is 2.07. The molecule has 5 nitrogen and oxygen atoms in total. The van der Waals surface area contributed by atoms with Crippen LogP contribution in [0.5, 0.6) is 0 Å². The Morgan fingerprint density at radius 3 is 2.84 bits per heavy atom. The third-order valence-electron chi connectivity index (χ3n) is 3.58. The smallest absolute Gasteiger partial charge is 0.274 e. The number of nitrogens with zero attached hydrogens (tertiary/aromatic N) is 2. The lowest BCUT2D eigenvalue weighted by atomic mass is 10.0. The van der Waals surface area contributed by atoms with Crippen LogP contribution in [0.2, 0.25) is 0 Å². The van der Waals surface area contributed by atoms with Crippen molar-refractivity contribution in [1.82, 2.24) is 15.1 Å². The van der Waals surface area contributed by atoms with E-state index in [2.05, 4.69) is 22.3 Å². The van der Waals surface area contributed by atoms with Crippen LogP contribution in [-0.2, 0) is 0 Å². The van der Waals surface area contributed by atoms with Crippen LogP contribution in [0, 0.1) is 0 Å². The third-order valence-corrected chi connectivity index (χ3v) is 3.58. The van der Waals surface area contributed by atoms with E-state index in [1.54, 1.807) is 0 Å². The Balaban J connectivity index is 1.88. The number of aromatic nitrogens is 2. The molecule has 5 heteroatoms. The van der Waals surface area contributed by atoms with Crippen molar-refractivity contribution in [3.05, 3.63) is 47.8 Å². The Hall–Kier alpha value is -2.30. The number of carbonyl (C=O) groups excluding carboxylic acids is 1. The zero-order valence-corrected chi connectivity index (χ0v) is 10.5. The Kier molecular flexibility index (Phi) is 2.95. The van der Waals surface area contributed by atoms with Gasteiger partial charge in [0.2, 0.25) is 0 Å². The SMILES string of the molecule is Nc1cn[nH]c1C(=O)N1CCCC1c1ccccc1. The molecule has 2 heterocycles. The fraction of sp³-hybridized carbons (Fsp3) is 0.286. The molecule has 1 atom stereocenters. The standard InChI is InChI=1S/C14H16N4O/c15-11-9-16-17-13(11)14(19)18-8-4-7-12(18)10-5-2-1-3-6-10/h1-3,5-6,9,12H,4,7-8,15H2,(H,16,17). The summed E-state index contributed by atoms with van der Waals surface area (Å²) in [4.78, 5) is 14.4. The highest BCUT2D eigenvalue weighted by Gasteiger charge is 2.31. The highest BCUT2D eigenvalue weighted by molar-refractivity contribution is 5.97. The zero-order valence-electron chi connectivity index (χ0n) is 10.5. The number of H-pyrrole nitrogens is 1. The predicted molar refractivity (Wildman–Crippen MR) is 72.5 cm³/mol. The first-order valence-electron chi connectivity index (χ1n) is 6.42. The number of rotatable bonds is 2. The molecule has 0 bridgehead atoms. The molecule has 0 radical (unpaired) electrons. The minimum absolute atomic E-state index is 0.0682. The number of carbonyl (C=O) groups is 1. The number of aromatic amines is 1. The van der Waals surface area contributed by atoms with Crippen molar-refractivity contribution in [2.75, 3.05) is 12.3 Å². The minimum atomic E-state index is -0.0682. The summed E-state index contributed by atoms with van der Waals surface area (Å²) < 4.78 is 0. The molecule has 1 fully saturated rings. The number of benzene rings is 1. The molecule has 1 unspecified atom stereocenters. The summed E-state index contributed by atoms with van der Waals surface area (Å²) in [6.45, 7) is 0.761. The summed E-state index contributed by atoms with van der Waals surface area (Å²) in [5, 5.41) is 6.50. The van der Waals surface area contributed by atoms with Crippen LogP contribution < -0.4 is 5.73 Å². The first-order valence-corrected chi connectivity index (χ1v) is 6.42. The predicted octanol–water partition coefficient (Wildman–Crippen LogP) is 1.97. The minimum Gasteiger partial charge on any atom is -0.396 e. The molecule has 1 aromatic heterocycles. The van der Waals surface area contributed by atoms with Gasteiger partial charge in [0.1, 0.15) is 5.69 Å². The normalized spacial score (nSPS) is 18.7. The average Bonchev–Trinajstić information content (AvgIpc) is 3.07. The topological polar surface area (TPSA) is 75.0 Å². The van der Waals surface area contributed by atoms with Crippen LogP contribution in [-0.4, -0.2) is 27.5 Å². The average molecular weight is 256 g/mol. The second kappa shape index (κ2) is 4.76. The number of nitrogens with one attached hydrogen (secondary N) is 1. The van der Waals surface area contributed by atoms with Gasteiger partial charge in [0.25, 0.3) is 5.91 Å². The summed E-state index contributed by atoms with van der Waals surface area (Å²) >= 11 is 0. The van der Waals surface area contributed by atoms with Crippen LogP contribution in [0.1, 0.15) is 34.9 Å². The number of anilines is 1. The van der Waals surface area contributed by atoms with Gasteiger partial charge in [-0.25, -0.2) is 0 Å². The second-order valence-electron chi connectivity index (χ2n) is 4.77. The summed E-state index contributed by atoms with van der Waals surface area (Å²) in [5.74, 6) is -0.0682. The molecule has 0 saturated carbocycles. The summed E-state index contributed by atoms with van der Waals surface area (Å²) in [5.41, 5.74) is 7.72. The van der Waals surface area contributed by atoms with Gasteiger partial charge >= 0.3 is 0 Å². The van der Waals surface area contributed by atoms with Gasteiger partial charge in [0.05, 0.1) is 17.9 Å². The van der Waals surface area contributed by atoms with E-state index >= 15 is 0 Å². The van der Waals surface area contributed by atoms with Crippen molar-refractivity contribution in [3.8, 4) is 0 Å². The maximum absolute atomic E-state index is 12.5. The van der Waals surface area contributed by atoms with Crippen molar-refractivity contribution in [2.24, 2.45) is 0 Å². The maximum Gasteiger partial charge on any atom is 0.274 e. The summed E-state index contributed by atoms with van der Waals surface area (Å²) in [6.07, 6.45) is 3.48. The van der Waals surface area contributed by atoms with Gasteiger partial charge in [0, 0.05) is 6.54 Å². The van der Waals surface area contributed by atoms with E-state index in [0.717, 1.165) is 19.4 Å². The molecule has 2 aromatic rings. The molecule has 0 aliphatic carbocycles. The number of nitrogens with two attached hydrogens (primary N) is 1. The number of likely N-dealkylation sites (tertiary alicyclic amines) is 1. The Morgan fingerprint density at radius 1 is 1.37 bits per heavy atom. The maximum atomic E-state index is 12.5. The highest BCUT2D eigenvalue weighted by atomic mass is 16.2. The van der Waals surface area contributed by atoms with E-state index in [1.165, 1.54) is 11.8 Å². The molecule has 1 aliphatic rings. The monoisotopic (exact) mass is 256 g/mol. The first kappa shape index (κ1) is 11.8. The number of amides is 1. The Bertz CT molecular complexity index is 578. The Morgan fingerprint density at radius 2 is 2.16 bits per heavy atom. The molecule has 1 aromatic carbocycles. The molecule has 1 saturated heterocycles. The molecular weight excluding hydrogens is 240 g/mol. The van der Waals surface area contributed by atoms with Gasteiger partial charge < -0.3 is 10.6 Å². The molecule has 3 N–H and O–H groups in total. The van der Waals surface area contributed by atoms with Gasteiger partial charge in [-0.1, -0.05) is 30.3 Å². The van der Waals surface area contributed by atoms with Gasteiger partial charge in [-0.3, -0.25) is 9.89 Å². The van der Waals surface area contributed by atoms with Crippen LogP contribution in [0.4, 0.5) is 5.69 Å². The van der Waals surface area contributed by atoms with Gasteiger partial charge in [-0.15, -0.1) is 0 Å². The molecule has 0 spiro atoms. The van der Waals surface area contributed by atoms with Crippen LogP contribution in [0.15, 0.2) is 36.5 Å². The quantitative estimate of drug-likeness (QED) is 0.862. The van der Waals surface area contributed by atoms with Gasteiger partial charge in [-0.2, -0.15) is 5.10 Å². The fourth-order valence-corrected chi connectivity index (χ4v) is 2.64. The Labute approximate surface area is 111 Å². The number of hydrogen-bond donors (Lipinski definition) is 2. The summed E-state index contributed by atoms with van der Waals surface area (Å²) in [6, 6.07) is 10.2. The van der Waals surface area contributed by atoms with E-state index in [1.807, 2.05) is 23.1 Å². The largest absolute Gasteiger partial charge is 0.396 e. The molecule has 1 aliphatic heterocycles. The molecule has 98 valence electrons. The lowest BCUT2D eigenvalue weighted by molar-refractivity contribution is 0.0730. The number of hydrogen-bond acceptors (Lipinski definition) is 3. The molecule has 19 heavy (non-hydrogen) atoms. The molecule has 3 rings (SSSR count). The van der Waals surface area contributed by atoms with Crippen molar-refractivity contribution in [1.29, 1.82) is 0 Å². The van der Waals surface area contributed by atoms with Crippen molar-refractivity contribution in [3.63, 3.8) is 0 Å². The lowest BCUT2D eigenvalue weighted by Gasteiger charge is -2.24. The second-order valence-corrected chi connectivity index (χ2v) is 4.77. The van der Waals surface area contributed by atoms with Crippen LogP contribution in [0.25, 0.3) is 0 Å². The fourth-order valence-electron chi connectivity index (χ4n) is 2.64. The van der Waals surface area contributed by atoms with Gasteiger partial charge in [0.15, 0.2) is 0 Å². The van der Waals surface area contributed by atoms with Crippen molar-refractivity contribution in [2.45, 2.75) is 18.9 Å². The van der Waals surface area contributed by atoms with E-state index in [-0.39, 0.29) is 11.9 Å². The number of nitrogen functional groups attached to an aromatic ring is 1. The van der Waals surface area contributed by atoms with E-state index in [4.69, 9.17) is 5.73 Å². The van der Waals surface area contributed by atoms with Crippen LogP contribution in [0.3, 0.4) is 0 Å². The zero-order chi connectivity index (χ0) is 13.2. The van der Waals surface area contributed by atoms with E-state index in [0.29, 0.717) is 11.4 Å². The van der Waals surface area contributed by atoms with Crippen molar-refractivity contribution < 1.29 is 4.79 Å². The van der Waals surface area contributed by atoms with E-state index < -0.39 is 0 Å². The van der Waals surface area contributed by atoms with Gasteiger partial charge in [-0.05, 0) is 18.4 Å². The molecule has 1 amide bonds. The van der Waals surface area contributed by atoms with Crippen molar-refractivity contribution >= 4 is 11.6 Å². The first-order chi connectivity index (χ1) is 9.27. The summed E-state index contributed by atoms with van der Waals surface area (Å²) in [7, 11) is 0. The lowest BCUT2D eigenvalue weighted by Crippen LogP contribution is -2.31. The highest BCUT2D eigenvalue weighted by Crippen LogP contribution is 2.33. The van der Waals surface area contributed by atoms with Crippen LogP contribution >= 0.6 is 0 Å². The molecular formula is C14H16N4O. The van der Waals surface area contributed by atoms with E-state index in [9.17, 15) is 4.79 Å².